The Kier molecular flexibility index (Phi) is 8.61. The largest absolute Gasteiger partial charge is 0.491 e. The fourth-order valence-electron chi connectivity index (χ4n) is 2.64. The number of amides is 2. The molecular weight excluding hydrogens is 375 g/mol. The Hall–Kier alpha value is -2.93. The van der Waals surface area contributed by atoms with Crippen LogP contribution in [0.4, 0.5) is 4.39 Å². The average molecular weight is 402 g/mol. The lowest BCUT2D eigenvalue weighted by Crippen LogP contribution is -2.49. The molecule has 2 amide bonds. The van der Waals surface area contributed by atoms with Crippen LogP contribution in [0.15, 0.2) is 48.5 Å². The minimum absolute atomic E-state index is 0.0880. The summed E-state index contributed by atoms with van der Waals surface area (Å²) in [6.07, 6.45) is 0. The first-order chi connectivity index (χ1) is 13.9. The second kappa shape index (κ2) is 11.2. The lowest BCUT2D eigenvalue weighted by atomic mass is 10.0. The molecule has 0 saturated carbocycles. The third-order valence-corrected chi connectivity index (χ3v) is 4.30. The van der Waals surface area contributed by atoms with Crippen LogP contribution in [0.2, 0.25) is 0 Å². The van der Waals surface area contributed by atoms with Crippen LogP contribution < -0.4 is 15.4 Å². The molecule has 0 aliphatic heterocycles. The number of ether oxygens (including phenoxy) is 2. The van der Waals surface area contributed by atoms with Gasteiger partial charge in [-0.15, -0.1) is 0 Å². The average Bonchev–Trinajstić information content (AvgIpc) is 2.71. The van der Waals surface area contributed by atoms with E-state index in [-0.39, 0.29) is 17.4 Å². The summed E-state index contributed by atoms with van der Waals surface area (Å²) in [5, 5.41) is 5.44. The van der Waals surface area contributed by atoms with Crippen molar-refractivity contribution in [3.63, 3.8) is 0 Å². The van der Waals surface area contributed by atoms with Crippen LogP contribution in [0.25, 0.3) is 0 Å². The molecule has 0 aliphatic rings. The van der Waals surface area contributed by atoms with Crippen molar-refractivity contribution < 1.29 is 23.5 Å². The molecule has 6 nitrogen and oxygen atoms in total. The fraction of sp³-hybridized carbons (Fsp3) is 0.364. The maximum atomic E-state index is 13.8. The topological polar surface area (TPSA) is 76.7 Å². The number of hydrogen-bond donors (Lipinski definition) is 2. The molecule has 29 heavy (non-hydrogen) atoms. The molecule has 0 fully saturated rings. The molecule has 0 aromatic heterocycles. The van der Waals surface area contributed by atoms with E-state index in [9.17, 15) is 14.0 Å². The number of carbonyl (C=O) groups is 2. The molecule has 1 atom stereocenters. The molecular formula is C22H27FN2O4. The molecule has 0 radical (unpaired) electrons. The number of halogens is 1. The van der Waals surface area contributed by atoms with Crippen LogP contribution in [0, 0.1) is 11.7 Å². The number of rotatable bonds is 10. The number of hydrogen-bond acceptors (Lipinski definition) is 4. The monoisotopic (exact) mass is 402 g/mol. The van der Waals surface area contributed by atoms with Crippen molar-refractivity contribution in [3.05, 3.63) is 65.5 Å². The van der Waals surface area contributed by atoms with E-state index >= 15 is 0 Å². The summed E-state index contributed by atoms with van der Waals surface area (Å²) in [5.41, 5.74) is 0.801. The zero-order valence-corrected chi connectivity index (χ0v) is 16.9. The normalized spacial score (nSPS) is 11.8. The van der Waals surface area contributed by atoms with Gasteiger partial charge in [0.2, 0.25) is 5.91 Å². The summed E-state index contributed by atoms with van der Waals surface area (Å²) in [6.45, 7) is 4.91. The summed E-state index contributed by atoms with van der Waals surface area (Å²) >= 11 is 0. The van der Waals surface area contributed by atoms with Crippen LogP contribution in [0.3, 0.4) is 0 Å². The minimum Gasteiger partial charge on any atom is -0.491 e. The van der Waals surface area contributed by atoms with Crippen LogP contribution in [-0.4, -0.2) is 38.2 Å². The van der Waals surface area contributed by atoms with Gasteiger partial charge in [0, 0.05) is 13.7 Å². The van der Waals surface area contributed by atoms with Crippen LogP contribution in [-0.2, 0) is 16.1 Å². The van der Waals surface area contributed by atoms with E-state index < -0.39 is 17.8 Å². The van der Waals surface area contributed by atoms with Gasteiger partial charge < -0.3 is 20.1 Å². The summed E-state index contributed by atoms with van der Waals surface area (Å²) in [4.78, 5) is 24.9. The lowest BCUT2D eigenvalue weighted by molar-refractivity contribution is -0.124. The Balaban J connectivity index is 1.92. The van der Waals surface area contributed by atoms with Crippen LogP contribution >= 0.6 is 0 Å². The number of benzene rings is 2. The zero-order valence-electron chi connectivity index (χ0n) is 16.9. The van der Waals surface area contributed by atoms with E-state index in [1.807, 2.05) is 38.1 Å². The molecule has 1 unspecified atom stereocenters. The third kappa shape index (κ3) is 6.87. The fourth-order valence-corrected chi connectivity index (χ4v) is 2.64. The van der Waals surface area contributed by atoms with Gasteiger partial charge in [0.1, 0.15) is 24.2 Å². The van der Waals surface area contributed by atoms with E-state index in [1.165, 1.54) is 18.2 Å². The van der Waals surface area contributed by atoms with Crippen LogP contribution in [0.1, 0.15) is 29.8 Å². The molecule has 7 heteroatoms. The van der Waals surface area contributed by atoms with Crippen molar-refractivity contribution in [2.24, 2.45) is 5.92 Å². The first-order valence-corrected chi connectivity index (χ1v) is 9.46. The molecule has 2 N–H and O–H groups in total. The smallest absolute Gasteiger partial charge is 0.254 e. The van der Waals surface area contributed by atoms with Gasteiger partial charge in [-0.1, -0.05) is 38.1 Å². The molecule has 0 spiro atoms. The Morgan fingerprint density at radius 1 is 1.03 bits per heavy atom. The van der Waals surface area contributed by atoms with E-state index in [4.69, 9.17) is 9.47 Å². The first-order valence-electron chi connectivity index (χ1n) is 9.46. The highest BCUT2D eigenvalue weighted by Gasteiger charge is 2.25. The van der Waals surface area contributed by atoms with E-state index in [0.717, 1.165) is 5.56 Å². The third-order valence-electron chi connectivity index (χ3n) is 4.30. The van der Waals surface area contributed by atoms with Crippen molar-refractivity contribution in [1.29, 1.82) is 0 Å². The zero-order chi connectivity index (χ0) is 21.2. The van der Waals surface area contributed by atoms with Crippen molar-refractivity contribution >= 4 is 11.8 Å². The summed E-state index contributed by atoms with van der Waals surface area (Å²) in [6, 6.07) is 12.2. The number of nitrogens with one attached hydrogen (secondary N) is 2. The van der Waals surface area contributed by atoms with Gasteiger partial charge in [-0.05, 0) is 35.7 Å². The van der Waals surface area contributed by atoms with Gasteiger partial charge in [-0.2, -0.15) is 0 Å². The Morgan fingerprint density at radius 2 is 1.72 bits per heavy atom. The molecule has 0 saturated heterocycles. The van der Waals surface area contributed by atoms with Gasteiger partial charge in [0.15, 0.2) is 0 Å². The van der Waals surface area contributed by atoms with E-state index in [1.54, 1.807) is 13.2 Å². The van der Waals surface area contributed by atoms with Crippen molar-refractivity contribution in [2.75, 3.05) is 20.3 Å². The minimum atomic E-state index is -0.779. The Morgan fingerprint density at radius 3 is 2.34 bits per heavy atom. The van der Waals surface area contributed by atoms with Crippen molar-refractivity contribution in [1.82, 2.24) is 10.6 Å². The van der Waals surface area contributed by atoms with E-state index in [2.05, 4.69) is 10.6 Å². The van der Waals surface area contributed by atoms with Gasteiger partial charge >= 0.3 is 0 Å². The standard InChI is InChI=1S/C22H27FN2O4/c1-15(2)20(25-21(26)18-6-4-5-7-19(18)23)22(27)24-14-16-8-10-17(11-9-16)29-13-12-28-3/h4-11,15,20H,12-14H2,1-3H3,(H,24,27)(H,25,26). The van der Waals surface area contributed by atoms with E-state index in [0.29, 0.717) is 25.5 Å². The number of methoxy groups -OCH3 is 1. The van der Waals surface area contributed by atoms with Gasteiger partial charge in [0.05, 0.1) is 12.2 Å². The highest BCUT2D eigenvalue weighted by molar-refractivity contribution is 5.97. The summed E-state index contributed by atoms with van der Waals surface area (Å²) < 4.78 is 24.2. The van der Waals surface area contributed by atoms with Gasteiger partial charge in [-0.25, -0.2) is 4.39 Å². The second-order valence-corrected chi connectivity index (χ2v) is 6.88. The molecule has 2 aromatic carbocycles. The SMILES string of the molecule is COCCOc1ccc(CNC(=O)C(NC(=O)c2ccccc2F)C(C)C)cc1. The first kappa shape index (κ1) is 22.4. The summed E-state index contributed by atoms with van der Waals surface area (Å²) in [5.74, 6) is -1.02. The predicted molar refractivity (Wildman–Crippen MR) is 108 cm³/mol. The maximum absolute atomic E-state index is 13.8. The van der Waals surface area contributed by atoms with Crippen LogP contribution in [0.5, 0.6) is 5.75 Å². The van der Waals surface area contributed by atoms with Crippen molar-refractivity contribution in [2.45, 2.75) is 26.4 Å². The Bertz CT molecular complexity index is 809. The molecule has 0 bridgehead atoms. The molecule has 0 aliphatic carbocycles. The number of carbonyl (C=O) groups excluding carboxylic acids is 2. The molecule has 0 heterocycles. The lowest BCUT2D eigenvalue weighted by Gasteiger charge is -2.22. The van der Waals surface area contributed by atoms with Gasteiger partial charge in [-0.3, -0.25) is 9.59 Å². The predicted octanol–water partition coefficient (Wildman–Crippen LogP) is 2.92. The highest BCUT2D eigenvalue weighted by Crippen LogP contribution is 2.13. The molecule has 2 rings (SSSR count). The molecule has 156 valence electrons. The highest BCUT2D eigenvalue weighted by atomic mass is 19.1. The molecule has 2 aromatic rings. The van der Waals surface area contributed by atoms with Crippen molar-refractivity contribution in [3.8, 4) is 5.75 Å². The maximum Gasteiger partial charge on any atom is 0.254 e. The summed E-state index contributed by atoms with van der Waals surface area (Å²) in [7, 11) is 1.61. The van der Waals surface area contributed by atoms with Gasteiger partial charge in [0.25, 0.3) is 5.91 Å². The quantitative estimate of drug-likeness (QED) is 0.599. The second-order valence-electron chi connectivity index (χ2n) is 6.88. The Labute approximate surface area is 170 Å².